The van der Waals surface area contributed by atoms with E-state index >= 15 is 0 Å². The quantitative estimate of drug-likeness (QED) is 0.404. The van der Waals surface area contributed by atoms with Gasteiger partial charge in [-0.05, 0) is 12.5 Å². The Bertz CT molecular complexity index is 729. The molecular weight excluding hydrogens is 332 g/mol. The molecular formula is C16H18N2O7. The van der Waals surface area contributed by atoms with Gasteiger partial charge in [-0.15, -0.1) is 0 Å². The number of amides is 1. The lowest BCUT2D eigenvalue weighted by Gasteiger charge is -2.26. The number of hydrogen-bond donors (Lipinski definition) is 2. The van der Waals surface area contributed by atoms with Crippen LogP contribution in [-0.4, -0.2) is 58.1 Å². The summed E-state index contributed by atoms with van der Waals surface area (Å²) in [5.41, 5.74) is 0.0577. The van der Waals surface area contributed by atoms with Crippen LogP contribution in [0.3, 0.4) is 0 Å². The lowest BCUT2D eigenvalue weighted by atomic mass is 9.96. The molecule has 1 aliphatic rings. The Morgan fingerprint density at radius 3 is 2.72 bits per heavy atom. The predicted molar refractivity (Wildman–Crippen MR) is 85.8 cm³/mol. The second kappa shape index (κ2) is 7.86. The third kappa shape index (κ3) is 3.83. The Morgan fingerprint density at radius 2 is 2.12 bits per heavy atom. The Morgan fingerprint density at radius 1 is 1.40 bits per heavy atom. The van der Waals surface area contributed by atoms with Crippen molar-refractivity contribution in [1.82, 2.24) is 4.90 Å². The van der Waals surface area contributed by atoms with E-state index in [1.807, 2.05) is 0 Å². The average Bonchev–Trinajstić information content (AvgIpc) is 2.83. The lowest BCUT2D eigenvalue weighted by molar-refractivity contribution is -0.384. The number of aliphatic hydroxyl groups excluding tert-OH is 2. The van der Waals surface area contributed by atoms with Gasteiger partial charge in [0, 0.05) is 18.7 Å². The molecule has 1 aliphatic heterocycles. The van der Waals surface area contributed by atoms with E-state index in [-0.39, 0.29) is 37.6 Å². The van der Waals surface area contributed by atoms with Crippen LogP contribution in [0.15, 0.2) is 35.6 Å². The summed E-state index contributed by atoms with van der Waals surface area (Å²) in [5.74, 6) is -1.90. The second-order valence-corrected chi connectivity index (χ2v) is 5.41. The monoisotopic (exact) mass is 350 g/mol. The fraction of sp³-hybridized carbons (Fsp3) is 0.375. The van der Waals surface area contributed by atoms with E-state index in [0.29, 0.717) is 5.56 Å². The van der Waals surface area contributed by atoms with Crippen LogP contribution < -0.4 is 0 Å². The molecule has 9 heteroatoms. The van der Waals surface area contributed by atoms with Crippen molar-refractivity contribution >= 4 is 17.4 Å². The highest BCUT2D eigenvalue weighted by Crippen LogP contribution is 2.38. The third-order valence-electron chi connectivity index (χ3n) is 3.79. The summed E-state index contributed by atoms with van der Waals surface area (Å²) in [6.45, 7) is 1.26. The van der Waals surface area contributed by atoms with Gasteiger partial charge in [0.2, 0.25) is 0 Å². The number of carbonyl (C=O) groups excluding carboxylic acids is 2. The van der Waals surface area contributed by atoms with Gasteiger partial charge in [-0.2, -0.15) is 0 Å². The highest BCUT2D eigenvalue weighted by Gasteiger charge is 2.42. The summed E-state index contributed by atoms with van der Waals surface area (Å²) >= 11 is 0. The van der Waals surface area contributed by atoms with Crippen molar-refractivity contribution in [2.24, 2.45) is 0 Å². The Balaban J connectivity index is 2.39. The number of non-ortho nitro benzene ring substituents is 1. The van der Waals surface area contributed by atoms with Gasteiger partial charge in [0.05, 0.1) is 36.4 Å². The van der Waals surface area contributed by atoms with Gasteiger partial charge < -0.3 is 19.8 Å². The molecule has 2 rings (SSSR count). The third-order valence-corrected chi connectivity index (χ3v) is 3.79. The smallest absolute Gasteiger partial charge is 0.290 e. The SMILES string of the molecule is CC(=O)C1=C(O)C(=O)N(CCOCCO)[C@H]1c1cccc([N+](=O)[O-])c1. The van der Waals surface area contributed by atoms with E-state index in [4.69, 9.17) is 9.84 Å². The van der Waals surface area contributed by atoms with E-state index in [2.05, 4.69) is 0 Å². The van der Waals surface area contributed by atoms with Crippen LogP contribution in [-0.2, 0) is 14.3 Å². The van der Waals surface area contributed by atoms with Crippen molar-refractivity contribution in [1.29, 1.82) is 0 Å². The fourth-order valence-corrected chi connectivity index (χ4v) is 2.73. The van der Waals surface area contributed by atoms with Crippen molar-refractivity contribution in [3.63, 3.8) is 0 Å². The van der Waals surface area contributed by atoms with E-state index in [1.54, 1.807) is 6.07 Å². The van der Waals surface area contributed by atoms with Crippen LogP contribution in [0.1, 0.15) is 18.5 Å². The number of carbonyl (C=O) groups is 2. The largest absolute Gasteiger partial charge is 0.503 e. The zero-order chi connectivity index (χ0) is 18.6. The molecule has 2 N–H and O–H groups in total. The Hall–Kier alpha value is -2.78. The number of ether oxygens (including phenoxy) is 1. The molecule has 0 aromatic heterocycles. The molecule has 0 saturated heterocycles. The van der Waals surface area contributed by atoms with Gasteiger partial charge in [0.1, 0.15) is 0 Å². The molecule has 1 heterocycles. The minimum atomic E-state index is -0.928. The molecule has 0 aliphatic carbocycles. The predicted octanol–water partition coefficient (Wildman–Crippen LogP) is 0.888. The minimum absolute atomic E-state index is 0.0486. The summed E-state index contributed by atoms with van der Waals surface area (Å²) in [6.07, 6.45) is 0. The maximum Gasteiger partial charge on any atom is 0.290 e. The van der Waals surface area contributed by atoms with Crippen LogP contribution in [0.5, 0.6) is 0 Å². The van der Waals surface area contributed by atoms with Gasteiger partial charge in [-0.1, -0.05) is 12.1 Å². The topological polar surface area (TPSA) is 130 Å². The number of hydrogen-bond acceptors (Lipinski definition) is 7. The highest BCUT2D eigenvalue weighted by atomic mass is 16.6. The summed E-state index contributed by atoms with van der Waals surface area (Å²) in [4.78, 5) is 35.9. The number of nitro benzene ring substituents is 1. The van der Waals surface area contributed by atoms with Crippen LogP contribution in [0.4, 0.5) is 5.69 Å². The van der Waals surface area contributed by atoms with Crippen LogP contribution in [0, 0.1) is 10.1 Å². The van der Waals surface area contributed by atoms with Gasteiger partial charge >= 0.3 is 0 Å². The zero-order valence-corrected chi connectivity index (χ0v) is 13.5. The molecule has 0 radical (unpaired) electrons. The highest BCUT2D eigenvalue weighted by molar-refractivity contribution is 6.08. The first kappa shape index (κ1) is 18.6. The van der Waals surface area contributed by atoms with E-state index in [0.717, 1.165) is 0 Å². The molecule has 1 aromatic carbocycles. The van der Waals surface area contributed by atoms with Gasteiger partial charge in [0.25, 0.3) is 11.6 Å². The molecule has 134 valence electrons. The number of nitrogens with zero attached hydrogens (tertiary/aromatic N) is 2. The van der Waals surface area contributed by atoms with Crippen molar-refractivity contribution in [3.8, 4) is 0 Å². The van der Waals surface area contributed by atoms with Crippen molar-refractivity contribution < 1.29 is 29.5 Å². The number of rotatable bonds is 8. The lowest BCUT2D eigenvalue weighted by Crippen LogP contribution is -2.34. The first-order valence-corrected chi connectivity index (χ1v) is 7.56. The van der Waals surface area contributed by atoms with Crippen molar-refractivity contribution in [2.45, 2.75) is 13.0 Å². The van der Waals surface area contributed by atoms with Crippen LogP contribution in [0.25, 0.3) is 0 Å². The van der Waals surface area contributed by atoms with E-state index in [9.17, 15) is 24.8 Å². The van der Waals surface area contributed by atoms with E-state index in [1.165, 1.54) is 30.0 Å². The molecule has 1 aromatic rings. The molecule has 1 amide bonds. The Labute approximate surface area is 143 Å². The molecule has 1 atom stereocenters. The molecule has 0 fully saturated rings. The minimum Gasteiger partial charge on any atom is -0.503 e. The van der Waals surface area contributed by atoms with Gasteiger partial charge in [-0.3, -0.25) is 19.7 Å². The number of Topliss-reactive ketones (excluding diaryl/α,β-unsaturated/α-hetero) is 1. The summed E-state index contributed by atoms with van der Waals surface area (Å²) in [6, 6.07) is 4.63. The summed E-state index contributed by atoms with van der Waals surface area (Å²) in [5, 5.41) is 29.8. The maximum absolute atomic E-state index is 12.3. The van der Waals surface area contributed by atoms with Gasteiger partial charge in [0.15, 0.2) is 11.5 Å². The first-order chi connectivity index (χ1) is 11.9. The van der Waals surface area contributed by atoms with Crippen LogP contribution in [0.2, 0.25) is 0 Å². The van der Waals surface area contributed by atoms with Crippen molar-refractivity contribution in [2.75, 3.05) is 26.4 Å². The molecule has 0 saturated carbocycles. The van der Waals surface area contributed by atoms with Gasteiger partial charge in [-0.25, -0.2) is 0 Å². The number of benzene rings is 1. The number of ketones is 1. The molecule has 25 heavy (non-hydrogen) atoms. The Kier molecular flexibility index (Phi) is 5.84. The van der Waals surface area contributed by atoms with Crippen LogP contribution >= 0.6 is 0 Å². The average molecular weight is 350 g/mol. The zero-order valence-electron chi connectivity index (χ0n) is 13.5. The fourth-order valence-electron chi connectivity index (χ4n) is 2.73. The molecule has 0 unspecified atom stereocenters. The summed E-state index contributed by atoms with van der Waals surface area (Å²) < 4.78 is 5.13. The summed E-state index contributed by atoms with van der Waals surface area (Å²) in [7, 11) is 0. The van der Waals surface area contributed by atoms with Crippen molar-refractivity contribution in [3.05, 3.63) is 51.3 Å². The van der Waals surface area contributed by atoms with E-state index < -0.39 is 28.4 Å². The molecule has 0 spiro atoms. The first-order valence-electron chi connectivity index (χ1n) is 7.56. The molecule has 9 nitrogen and oxygen atoms in total. The maximum atomic E-state index is 12.3. The normalized spacial score (nSPS) is 17.3. The molecule has 0 bridgehead atoms. The standard InChI is InChI=1S/C16H18N2O7/c1-10(20)13-14(11-3-2-4-12(9-11)18(23)24)17(16(22)15(13)21)5-7-25-8-6-19/h2-4,9,14,19,21H,5-8H2,1H3/t14-/m0/s1. The number of aliphatic hydroxyl groups is 2. The number of nitro groups is 1. The second-order valence-electron chi connectivity index (χ2n) is 5.41.